The number of nitrogens with two attached hydrogens (primary N) is 2. The van der Waals surface area contributed by atoms with Crippen LogP contribution in [0.25, 0.3) is 22.3 Å². The molecule has 0 bridgehead atoms. The molecule has 0 amide bonds. The number of ether oxygens (including phenoxy) is 2. The van der Waals surface area contributed by atoms with Crippen molar-refractivity contribution < 1.29 is 24.8 Å². The molecule has 2 aromatic carbocycles. The van der Waals surface area contributed by atoms with E-state index in [0.717, 1.165) is 41.7 Å². The second-order valence-corrected chi connectivity index (χ2v) is 9.71. The molecule has 0 radical (unpaired) electrons. The molecule has 12 nitrogen and oxygen atoms in total. The average Bonchev–Trinajstić information content (AvgIpc) is 3.49. The third-order valence-electron chi connectivity index (χ3n) is 6.96. The van der Waals surface area contributed by atoms with E-state index in [0.29, 0.717) is 36.8 Å². The van der Waals surface area contributed by atoms with E-state index in [1.165, 1.54) is 10.9 Å². The van der Waals surface area contributed by atoms with Crippen molar-refractivity contribution in [2.24, 2.45) is 5.73 Å². The maximum absolute atomic E-state index is 10.7. The number of imidazole rings is 1. The van der Waals surface area contributed by atoms with E-state index in [-0.39, 0.29) is 5.82 Å². The predicted octanol–water partition coefficient (Wildman–Crippen LogP) is 1.81. The van der Waals surface area contributed by atoms with E-state index in [9.17, 15) is 15.3 Å². The van der Waals surface area contributed by atoms with Crippen LogP contribution in [0.1, 0.15) is 31.1 Å². The Kier molecular flexibility index (Phi) is 8.72. The van der Waals surface area contributed by atoms with E-state index in [1.807, 2.05) is 48.5 Å². The molecule has 1 aliphatic rings. The first-order chi connectivity index (χ1) is 19.5. The number of benzene rings is 2. The maximum atomic E-state index is 10.7. The van der Waals surface area contributed by atoms with Crippen LogP contribution < -0.4 is 21.5 Å². The van der Waals surface area contributed by atoms with Gasteiger partial charge in [-0.25, -0.2) is 15.0 Å². The van der Waals surface area contributed by atoms with Gasteiger partial charge in [-0.15, -0.1) is 0 Å². The average molecular weight is 550 g/mol. The molecule has 0 aliphatic carbocycles. The van der Waals surface area contributed by atoms with E-state index >= 15 is 0 Å². The molecule has 8 N–H and O–H groups in total. The summed E-state index contributed by atoms with van der Waals surface area (Å²) >= 11 is 0. The second kappa shape index (κ2) is 12.6. The molecule has 12 heteroatoms. The van der Waals surface area contributed by atoms with Gasteiger partial charge in [0.15, 0.2) is 23.2 Å². The summed E-state index contributed by atoms with van der Waals surface area (Å²) in [5.41, 5.74) is 15.3. The van der Waals surface area contributed by atoms with Crippen LogP contribution >= 0.6 is 0 Å². The van der Waals surface area contributed by atoms with Crippen LogP contribution in [0.4, 0.5) is 11.8 Å². The number of hydrogen-bond acceptors (Lipinski definition) is 11. The lowest BCUT2D eigenvalue weighted by Gasteiger charge is -2.20. The lowest BCUT2D eigenvalue weighted by atomic mass is 10.0. The lowest BCUT2D eigenvalue weighted by Crippen LogP contribution is -2.33. The van der Waals surface area contributed by atoms with Crippen molar-refractivity contribution in [1.29, 1.82) is 0 Å². The summed E-state index contributed by atoms with van der Waals surface area (Å²) < 4.78 is 13.5. The molecule has 1 aliphatic heterocycles. The number of aromatic nitrogens is 4. The minimum Gasteiger partial charge on any atom is -0.493 e. The van der Waals surface area contributed by atoms with Gasteiger partial charge in [0.05, 0.1) is 13.2 Å². The fraction of sp³-hybridized carbons (Fsp3) is 0.393. The smallest absolute Gasteiger partial charge is 0.207 e. The van der Waals surface area contributed by atoms with Gasteiger partial charge in [0.2, 0.25) is 5.95 Å². The molecular weight excluding hydrogens is 514 g/mol. The summed E-state index contributed by atoms with van der Waals surface area (Å²) in [6.45, 7) is 1.14. The van der Waals surface area contributed by atoms with Crippen molar-refractivity contribution in [3.63, 3.8) is 0 Å². The van der Waals surface area contributed by atoms with Crippen LogP contribution in [0.15, 0.2) is 54.9 Å². The molecule has 2 aromatic heterocycles. The van der Waals surface area contributed by atoms with Crippen molar-refractivity contribution in [3.8, 4) is 16.9 Å². The third-order valence-corrected chi connectivity index (χ3v) is 6.96. The Morgan fingerprint density at radius 1 is 1.02 bits per heavy atom. The van der Waals surface area contributed by atoms with Gasteiger partial charge >= 0.3 is 0 Å². The number of aliphatic hydroxyl groups is 3. The summed E-state index contributed by atoms with van der Waals surface area (Å²) in [6, 6.07) is 16.1. The van der Waals surface area contributed by atoms with Gasteiger partial charge in [0.1, 0.15) is 30.4 Å². The van der Waals surface area contributed by atoms with E-state index in [4.69, 9.17) is 20.9 Å². The van der Waals surface area contributed by atoms with Crippen LogP contribution in [0, 0.1) is 0 Å². The number of aliphatic hydroxyl groups excluding tert-OH is 3. The quantitative estimate of drug-likeness (QED) is 0.141. The Bertz CT molecular complexity index is 1420. The Labute approximate surface area is 231 Å². The highest BCUT2D eigenvalue weighted by molar-refractivity contribution is 5.84. The number of fused-ring (bicyclic) bond motifs is 1. The first-order valence-corrected chi connectivity index (χ1v) is 13.4. The van der Waals surface area contributed by atoms with E-state index < -0.39 is 31.1 Å². The summed E-state index contributed by atoms with van der Waals surface area (Å²) in [6.07, 6.45) is -0.455. The van der Waals surface area contributed by atoms with Crippen LogP contribution in [0.5, 0.6) is 5.75 Å². The summed E-state index contributed by atoms with van der Waals surface area (Å²) in [7, 11) is 0. The molecule has 0 unspecified atom stereocenters. The normalized spacial score (nSPS) is 20.7. The highest BCUT2D eigenvalue weighted by Crippen LogP contribution is 2.36. The summed E-state index contributed by atoms with van der Waals surface area (Å²) in [5.74, 6) is 1.25. The lowest BCUT2D eigenvalue weighted by molar-refractivity contribution is -0.0501. The zero-order valence-electron chi connectivity index (χ0n) is 22.1. The largest absolute Gasteiger partial charge is 0.493 e. The molecule has 1 fully saturated rings. The van der Waals surface area contributed by atoms with Crippen LogP contribution in [-0.2, 0) is 11.3 Å². The summed E-state index contributed by atoms with van der Waals surface area (Å²) in [5, 5.41) is 33.9. The fourth-order valence-corrected chi connectivity index (χ4v) is 4.82. The van der Waals surface area contributed by atoms with Gasteiger partial charge in [0.25, 0.3) is 0 Å². The SMILES string of the molecule is NCCCCCOc1cc(CNc2nc3c(N)ncnc3n2[C@@H]2O[C@H](CO)[C@@H](O)[C@H]2O)ccc1-c1ccccc1. The first kappa shape index (κ1) is 27.7. The molecule has 212 valence electrons. The van der Waals surface area contributed by atoms with Gasteiger partial charge < -0.3 is 41.6 Å². The van der Waals surface area contributed by atoms with Crippen molar-refractivity contribution in [2.45, 2.75) is 50.3 Å². The molecular formula is C28H35N7O5. The standard InChI is InChI=1S/C28H35N7O5/c29-11-5-2-6-12-39-20-13-17(9-10-19(20)18-7-3-1-4-8-18)14-31-28-34-22-25(30)32-16-33-26(22)35(28)27-24(38)23(37)21(15-36)40-27/h1,3-4,7-10,13,16,21,23-24,27,36-38H,2,5-6,11-12,14-15,29H2,(H,31,34)(H2,30,32,33)/t21-,23-,24-,27-/m1/s1. The number of rotatable bonds is 12. The van der Waals surface area contributed by atoms with Gasteiger partial charge in [-0.2, -0.15) is 0 Å². The van der Waals surface area contributed by atoms with Crippen molar-refractivity contribution in [2.75, 3.05) is 30.8 Å². The Balaban J connectivity index is 1.42. The van der Waals surface area contributed by atoms with Crippen LogP contribution in [0.2, 0.25) is 0 Å². The van der Waals surface area contributed by atoms with Crippen molar-refractivity contribution in [3.05, 3.63) is 60.4 Å². The molecule has 0 spiro atoms. The molecule has 0 saturated carbocycles. The van der Waals surface area contributed by atoms with Crippen molar-refractivity contribution in [1.82, 2.24) is 19.5 Å². The monoisotopic (exact) mass is 549 g/mol. The number of nitrogens with zero attached hydrogens (tertiary/aromatic N) is 4. The number of nitrogen functional groups attached to an aromatic ring is 1. The Morgan fingerprint density at radius 2 is 1.85 bits per heavy atom. The maximum Gasteiger partial charge on any atom is 0.207 e. The van der Waals surface area contributed by atoms with E-state index in [2.05, 4.69) is 20.3 Å². The zero-order valence-corrected chi connectivity index (χ0v) is 22.1. The minimum atomic E-state index is -1.32. The highest BCUT2D eigenvalue weighted by Gasteiger charge is 2.45. The molecule has 4 atom stereocenters. The second-order valence-electron chi connectivity index (χ2n) is 9.71. The summed E-state index contributed by atoms with van der Waals surface area (Å²) in [4.78, 5) is 12.9. The zero-order chi connectivity index (χ0) is 28.1. The molecule has 3 heterocycles. The topological polar surface area (TPSA) is 187 Å². The molecule has 1 saturated heterocycles. The molecule has 4 aromatic rings. The van der Waals surface area contributed by atoms with Crippen LogP contribution in [0.3, 0.4) is 0 Å². The molecule has 40 heavy (non-hydrogen) atoms. The van der Waals surface area contributed by atoms with Gasteiger partial charge in [0, 0.05) is 12.1 Å². The number of unbranched alkanes of at least 4 members (excludes halogenated alkanes) is 2. The van der Waals surface area contributed by atoms with Crippen LogP contribution in [-0.4, -0.2) is 72.9 Å². The van der Waals surface area contributed by atoms with Gasteiger partial charge in [-0.3, -0.25) is 4.57 Å². The first-order valence-electron chi connectivity index (χ1n) is 13.4. The number of anilines is 2. The number of hydrogen-bond donors (Lipinski definition) is 6. The predicted molar refractivity (Wildman–Crippen MR) is 150 cm³/mol. The van der Waals surface area contributed by atoms with E-state index in [1.54, 1.807) is 0 Å². The Morgan fingerprint density at radius 3 is 2.60 bits per heavy atom. The minimum absolute atomic E-state index is 0.163. The number of nitrogens with one attached hydrogen (secondary N) is 1. The molecule has 5 rings (SSSR count). The third kappa shape index (κ3) is 5.71. The fourth-order valence-electron chi connectivity index (χ4n) is 4.82. The van der Waals surface area contributed by atoms with Crippen molar-refractivity contribution >= 4 is 22.9 Å². The Hall–Kier alpha value is -3.81. The highest BCUT2D eigenvalue weighted by atomic mass is 16.6. The van der Waals surface area contributed by atoms with Gasteiger partial charge in [-0.05, 0) is 43.0 Å². The van der Waals surface area contributed by atoms with Gasteiger partial charge in [-0.1, -0.05) is 42.5 Å².